The van der Waals surface area contributed by atoms with Crippen LogP contribution in [0.5, 0.6) is 0 Å². The van der Waals surface area contributed by atoms with Crippen molar-refractivity contribution in [2.45, 2.75) is 50.6 Å². The molecule has 0 saturated carbocycles. The van der Waals surface area contributed by atoms with Crippen molar-refractivity contribution < 1.29 is 19.4 Å². The zero-order chi connectivity index (χ0) is 15.4. The third-order valence-corrected chi connectivity index (χ3v) is 5.55. The Labute approximate surface area is 129 Å². The lowest BCUT2D eigenvalue weighted by molar-refractivity contribution is -0.141. The van der Waals surface area contributed by atoms with Crippen LogP contribution in [0.15, 0.2) is 0 Å². The molecule has 0 spiro atoms. The van der Waals surface area contributed by atoms with Gasteiger partial charge in [0.25, 0.3) is 0 Å². The zero-order valence-corrected chi connectivity index (χ0v) is 13.4. The van der Waals surface area contributed by atoms with Crippen LogP contribution in [0.25, 0.3) is 0 Å². The maximum atomic E-state index is 12.4. The van der Waals surface area contributed by atoms with Gasteiger partial charge in [0.15, 0.2) is 0 Å². The molecule has 0 radical (unpaired) electrons. The third kappa shape index (κ3) is 3.83. The predicted octanol–water partition coefficient (Wildman–Crippen LogP) is 1.75. The molecule has 0 aromatic rings. The van der Waals surface area contributed by atoms with E-state index in [0.717, 1.165) is 25.9 Å². The van der Waals surface area contributed by atoms with E-state index in [-0.39, 0.29) is 17.5 Å². The van der Waals surface area contributed by atoms with E-state index < -0.39 is 12.0 Å². The quantitative estimate of drug-likeness (QED) is 0.808. The summed E-state index contributed by atoms with van der Waals surface area (Å²) >= 11 is 1.56. The van der Waals surface area contributed by atoms with Gasteiger partial charge < -0.3 is 15.2 Å². The van der Waals surface area contributed by atoms with Gasteiger partial charge in [-0.15, -0.1) is 11.8 Å². The van der Waals surface area contributed by atoms with Crippen molar-refractivity contribution in [2.24, 2.45) is 5.92 Å². The molecule has 21 heavy (non-hydrogen) atoms. The number of carboxylic acid groups (broad SMARTS) is 1. The van der Waals surface area contributed by atoms with Crippen LogP contribution in [0.3, 0.4) is 0 Å². The fraction of sp³-hybridized carbons (Fsp3) is 0.857. The number of carbonyl (C=O) groups excluding carboxylic acids is 1. The number of hydrogen-bond donors (Lipinski definition) is 2. The molecule has 0 aromatic heterocycles. The van der Waals surface area contributed by atoms with E-state index in [9.17, 15) is 14.7 Å². The average Bonchev–Trinajstić information content (AvgIpc) is 3.03. The van der Waals surface area contributed by atoms with Gasteiger partial charge >= 0.3 is 12.0 Å². The highest BCUT2D eigenvalue weighted by atomic mass is 32.2. The summed E-state index contributed by atoms with van der Waals surface area (Å²) in [5.74, 6) is -0.137. The van der Waals surface area contributed by atoms with Crippen molar-refractivity contribution in [2.75, 3.05) is 18.9 Å². The fourth-order valence-corrected chi connectivity index (χ4v) is 4.36. The number of rotatable bonds is 5. The first-order valence-corrected chi connectivity index (χ1v) is 8.61. The Morgan fingerprint density at radius 3 is 2.81 bits per heavy atom. The molecule has 6 nitrogen and oxygen atoms in total. The molecule has 4 atom stereocenters. The van der Waals surface area contributed by atoms with Crippen LogP contribution >= 0.6 is 11.8 Å². The third-order valence-electron chi connectivity index (χ3n) is 4.20. The summed E-state index contributed by atoms with van der Waals surface area (Å²) in [6, 6.07) is -0.978. The summed E-state index contributed by atoms with van der Waals surface area (Å²) in [4.78, 5) is 25.2. The Bertz CT molecular complexity index is 393. The summed E-state index contributed by atoms with van der Waals surface area (Å²) in [5.41, 5.74) is 0. The van der Waals surface area contributed by atoms with Crippen LogP contribution < -0.4 is 5.32 Å². The minimum Gasteiger partial charge on any atom is -0.480 e. The maximum absolute atomic E-state index is 12.4. The molecular formula is C14H24N2O4S. The second-order valence-corrected chi connectivity index (χ2v) is 6.86. The van der Waals surface area contributed by atoms with Crippen molar-refractivity contribution >= 4 is 23.8 Å². The molecule has 2 rings (SSSR count). The standard InChI is InChI=1S/C14H24N2O4S/c1-3-4-12-16(11(8-21-12)13(17)18)14(19)15-7-10-5-6-20-9(10)2/h9-12H,3-8H2,1-2H3,(H,15,19)(H,17,18). The van der Waals surface area contributed by atoms with Crippen LogP contribution in [0.4, 0.5) is 4.79 Å². The summed E-state index contributed by atoms with van der Waals surface area (Å²) in [7, 11) is 0. The molecule has 2 aliphatic heterocycles. The van der Waals surface area contributed by atoms with Gasteiger partial charge in [-0.2, -0.15) is 0 Å². The van der Waals surface area contributed by atoms with Gasteiger partial charge in [0.05, 0.1) is 11.5 Å². The summed E-state index contributed by atoms with van der Waals surface area (Å²) in [6.07, 6.45) is 2.85. The number of thioether (sulfide) groups is 1. The molecule has 2 saturated heterocycles. The topological polar surface area (TPSA) is 78.9 Å². The molecule has 0 aliphatic carbocycles. The Morgan fingerprint density at radius 2 is 2.24 bits per heavy atom. The highest BCUT2D eigenvalue weighted by Gasteiger charge is 2.41. The van der Waals surface area contributed by atoms with Gasteiger partial charge in [-0.25, -0.2) is 9.59 Å². The molecule has 2 N–H and O–H groups in total. The number of ether oxygens (including phenoxy) is 1. The van der Waals surface area contributed by atoms with Crippen LogP contribution in [-0.4, -0.2) is 58.4 Å². The first-order chi connectivity index (χ1) is 10.0. The van der Waals surface area contributed by atoms with Crippen LogP contribution in [0.2, 0.25) is 0 Å². The molecule has 120 valence electrons. The number of amides is 2. The van der Waals surface area contributed by atoms with Crippen LogP contribution in [0.1, 0.15) is 33.1 Å². The van der Waals surface area contributed by atoms with Gasteiger partial charge in [0, 0.05) is 24.8 Å². The highest BCUT2D eigenvalue weighted by Crippen LogP contribution is 2.32. The summed E-state index contributed by atoms with van der Waals surface area (Å²) in [6.45, 7) is 5.33. The number of carbonyl (C=O) groups is 2. The lowest BCUT2D eigenvalue weighted by Crippen LogP contribution is -2.51. The number of urea groups is 1. The van der Waals surface area contributed by atoms with Crippen LogP contribution in [-0.2, 0) is 9.53 Å². The van der Waals surface area contributed by atoms with E-state index in [4.69, 9.17) is 4.74 Å². The minimum atomic E-state index is -0.922. The highest BCUT2D eigenvalue weighted by molar-refractivity contribution is 8.00. The molecule has 7 heteroatoms. The van der Waals surface area contributed by atoms with E-state index in [1.165, 1.54) is 4.90 Å². The molecule has 0 bridgehead atoms. The van der Waals surface area contributed by atoms with Gasteiger partial charge in [-0.05, 0) is 19.8 Å². The van der Waals surface area contributed by atoms with Gasteiger partial charge in [-0.3, -0.25) is 4.90 Å². The number of aliphatic carboxylic acids is 1. The molecule has 2 heterocycles. The summed E-state index contributed by atoms with van der Waals surface area (Å²) in [5, 5.41) is 12.2. The van der Waals surface area contributed by atoms with E-state index in [2.05, 4.69) is 5.32 Å². The smallest absolute Gasteiger partial charge is 0.327 e. The first-order valence-electron chi connectivity index (χ1n) is 7.56. The minimum absolute atomic E-state index is 0.0339. The summed E-state index contributed by atoms with van der Waals surface area (Å²) < 4.78 is 5.48. The normalized spacial score (nSPS) is 32.4. The van der Waals surface area contributed by atoms with E-state index in [1.54, 1.807) is 11.8 Å². The molecule has 2 aliphatic rings. The Morgan fingerprint density at radius 1 is 1.48 bits per heavy atom. The molecule has 2 amide bonds. The molecule has 0 aromatic carbocycles. The maximum Gasteiger partial charge on any atom is 0.327 e. The Kier molecular flexibility index (Phi) is 5.75. The number of nitrogens with one attached hydrogen (secondary N) is 1. The van der Waals surface area contributed by atoms with E-state index in [0.29, 0.717) is 18.2 Å². The lowest BCUT2D eigenvalue weighted by Gasteiger charge is -2.28. The second kappa shape index (κ2) is 7.35. The predicted molar refractivity (Wildman–Crippen MR) is 81.3 cm³/mol. The van der Waals surface area contributed by atoms with Crippen molar-refractivity contribution in [1.29, 1.82) is 0 Å². The fourth-order valence-electron chi connectivity index (χ4n) is 2.85. The Balaban J connectivity index is 1.94. The number of carboxylic acids is 1. The number of hydrogen-bond acceptors (Lipinski definition) is 4. The second-order valence-electron chi connectivity index (χ2n) is 5.65. The monoisotopic (exact) mass is 316 g/mol. The van der Waals surface area contributed by atoms with Gasteiger partial charge in [0.2, 0.25) is 0 Å². The molecule has 2 fully saturated rings. The van der Waals surface area contributed by atoms with Crippen molar-refractivity contribution in [3.8, 4) is 0 Å². The SMILES string of the molecule is CCCC1SCC(C(=O)O)N1C(=O)NCC1CCOC1C. The molecule has 4 unspecified atom stereocenters. The average molecular weight is 316 g/mol. The first kappa shape index (κ1) is 16.4. The van der Waals surface area contributed by atoms with Gasteiger partial charge in [-0.1, -0.05) is 13.3 Å². The zero-order valence-electron chi connectivity index (χ0n) is 12.6. The Hall–Kier alpha value is -0.950. The molecular weight excluding hydrogens is 292 g/mol. The largest absolute Gasteiger partial charge is 0.480 e. The lowest BCUT2D eigenvalue weighted by atomic mass is 10.0. The van der Waals surface area contributed by atoms with Crippen molar-refractivity contribution in [3.63, 3.8) is 0 Å². The van der Waals surface area contributed by atoms with Crippen LogP contribution in [0, 0.1) is 5.92 Å². The van der Waals surface area contributed by atoms with Gasteiger partial charge in [0.1, 0.15) is 6.04 Å². The van der Waals surface area contributed by atoms with E-state index >= 15 is 0 Å². The van der Waals surface area contributed by atoms with Crippen molar-refractivity contribution in [1.82, 2.24) is 10.2 Å². The van der Waals surface area contributed by atoms with Crippen molar-refractivity contribution in [3.05, 3.63) is 0 Å². The number of nitrogens with zero attached hydrogens (tertiary/aromatic N) is 1. The van der Waals surface area contributed by atoms with E-state index in [1.807, 2.05) is 13.8 Å².